The van der Waals surface area contributed by atoms with E-state index >= 15 is 0 Å². The molecule has 2 N–H and O–H groups in total. The van der Waals surface area contributed by atoms with Crippen molar-refractivity contribution in [1.82, 2.24) is 19.9 Å². The van der Waals surface area contributed by atoms with E-state index < -0.39 is 6.10 Å². The molecule has 0 radical (unpaired) electrons. The smallest absolute Gasteiger partial charge is 0.210 e. The number of phenolic OH excluding ortho intramolecular Hbond substituents is 1. The minimum Gasteiger partial charge on any atom is -0.508 e. The molecule has 2 heterocycles. The van der Waals surface area contributed by atoms with Crippen LogP contribution in [0.3, 0.4) is 0 Å². The van der Waals surface area contributed by atoms with Crippen molar-refractivity contribution in [3.63, 3.8) is 0 Å². The van der Waals surface area contributed by atoms with Crippen LogP contribution in [0.2, 0.25) is 0 Å². The fraction of sp³-hybridized carbons (Fsp3) is 0.467. The molecule has 0 spiro atoms. The Bertz CT molecular complexity index is 1340. The Labute approximate surface area is 219 Å². The van der Waals surface area contributed by atoms with Gasteiger partial charge in [-0.25, -0.2) is 4.68 Å². The van der Waals surface area contributed by atoms with Gasteiger partial charge in [0.25, 0.3) is 0 Å². The Hall–Kier alpha value is -2.90. The molecule has 1 aliphatic heterocycles. The summed E-state index contributed by atoms with van der Waals surface area (Å²) in [5.41, 5.74) is 8.14. The number of aliphatic hydroxyl groups is 1. The van der Waals surface area contributed by atoms with Crippen LogP contribution in [0.25, 0.3) is 0 Å². The Balaban J connectivity index is 1.13. The second-order valence-corrected chi connectivity index (χ2v) is 11.8. The number of rotatable bonds is 5. The maximum atomic E-state index is 10.8. The molecule has 3 aliphatic carbocycles. The minimum atomic E-state index is -0.464. The number of hydrogen-bond donors (Lipinski definition) is 2. The molecule has 4 aliphatic rings. The summed E-state index contributed by atoms with van der Waals surface area (Å²) >= 11 is 0. The molecule has 7 heteroatoms. The molecule has 0 saturated carbocycles. The first-order valence-corrected chi connectivity index (χ1v) is 14.0. The first kappa shape index (κ1) is 23.2. The molecule has 0 bridgehead atoms. The molecule has 3 aromatic rings. The molecule has 6 nitrogen and oxygen atoms in total. The molecule has 1 aromatic heterocycles. The number of fused-ring (bicyclic) bond motifs is 1. The van der Waals surface area contributed by atoms with Crippen LogP contribution in [0, 0.1) is 0 Å². The van der Waals surface area contributed by atoms with E-state index in [-0.39, 0.29) is 11.5 Å². The van der Waals surface area contributed by atoms with E-state index in [0.29, 0.717) is 18.1 Å². The van der Waals surface area contributed by atoms with E-state index in [4.69, 9.17) is 0 Å². The highest BCUT2D eigenvalue weighted by Gasteiger charge is 2.45. The number of likely N-dealkylation sites (tertiary alicyclic amines) is 1. The van der Waals surface area contributed by atoms with Crippen LogP contribution in [0.5, 0.6) is 5.75 Å². The van der Waals surface area contributed by atoms with Gasteiger partial charge in [0.2, 0.25) is 7.28 Å². The Morgan fingerprint density at radius 3 is 2.76 bits per heavy atom. The van der Waals surface area contributed by atoms with E-state index in [1.54, 1.807) is 17.2 Å². The third-order valence-electron chi connectivity index (χ3n) is 9.49. The van der Waals surface area contributed by atoms with E-state index in [9.17, 15) is 10.2 Å². The average molecular weight is 494 g/mol. The van der Waals surface area contributed by atoms with Gasteiger partial charge in [0, 0.05) is 23.6 Å². The summed E-state index contributed by atoms with van der Waals surface area (Å²) in [6.07, 6.45) is 10.6. The standard InChI is InChI=1S/C30H35BN4O2/c36-25-8-3-6-22(16-25)20-10-13-34(14-11-20)30(12-4-7-21-15-24(21)18-30)31-28-19-35(33-32-28)29-26-9-2-1-5-23(26)17-27(29)37/h1-3,5-6,8-9,16,19-20,27,29,31,36-37H,4,7,10-15,17-18H2/t27-,29-,30?/m1/s1. The molecule has 2 aromatic carbocycles. The summed E-state index contributed by atoms with van der Waals surface area (Å²) in [5, 5.41) is 30.0. The molecule has 1 saturated heterocycles. The highest BCUT2D eigenvalue weighted by molar-refractivity contribution is 6.55. The van der Waals surface area contributed by atoms with Crippen molar-refractivity contribution in [2.75, 3.05) is 13.1 Å². The largest absolute Gasteiger partial charge is 0.508 e. The summed E-state index contributed by atoms with van der Waals surface area (Å²) in [6, 6.07) is 16.0. The quantitative estimate of drug-likeness (QED) is 0.420. The average Bonchev–Trinajstić information content (AvgIpc) is 3.37. The van der Waals surface area contributed by atoms with Crippen molar-refractivity contribution in [2.24, 2.45) is 0 Å². The van der Waals surface area contributed by atoms with Gasteiger partial charge in [-0.3, -0.25) is 0 Å². The van der Waals surface area contributed by atoms with Crippen molar-refractivity contribution in [3.8, 4) is 5.75 Å². The van der Waals surface area contributed by atoms with Crippen molar-refractivity contribution in [2.45, 2.75) is 74.9 Å². The predicted molar refractivity (Wildman–Crippen MR) is 146 cm³/mol. The molecule has 0 amide bonds. The highest BCUT2D eigenvalue weighted by atomic mass is 16.3. The zero-order chi connectivity index (χ0) is 25.0. The first-order valence-electron chi connectivity index (χ1n) is 14.0. The van der Waals surface area contributed by atoms with Crippen LogP contribution in [0.15, 0.2) is 65.9 Å². The third-order valence-corrected chi connectivity index (χ3v) is 9.49. The number of aromatic nitrogens is 3. The number of benzene rings is 2. The summed E-state index contributed by atoms with van der Waals surface area (Å²) in [4.78, 5) is 2.76. The van der Waals surface area contributed by atoms with Gasteiger partial charge in [0.15, 0.2) is 0 Å². The van der Waals surface area contributed by atoms with Gasteiger partial charge in [0.1, 0.15) is 11.8 Å². The van der Waals surface area contributed by atoms with Gasteiger partial charge in [0.05, 0.1) is 6.10 Å². The summed E-state index contributed by atoms with van der Waals surface area (Å²) in [6.45, 7) is 2.15. The molecule has 190 valence electrons. The monoisotopic (exact) mass is 494 g/mol. The second-order valence-electron chi connectivity index (χ2n) is 11.8. The van der Waals surface area contributed by atoms with Gasteiger partial charge in [-0.15, -0.1) is 5.10 Å². The van der Waals surface area contributed by atoms with Crippen molar-refractivity contribution in [3.05, 3.63) is 82.6 Å². The fourth-order valence-corrected chi connectivity index (χ4v) is 7.52. The second kappa shape index (κ2) is 9.14. The maximum absolute atomic E-state index is 10.8. The summed E-state index contributed by atoms with van der Waals surface area (Å²) < 4.78 is 1.91. The summed E-state index contributed by atoms with van der Waals surface area (Å²) in [5.74, 6) is 0.873. The zero-order valence-corrected chi connectivity index (χ0v) is 21.4. The van der Waals surface area contributed by atoms with E-state index in [1.807, 2.05) is 28.9 Å². The van der Waals surface area contributed by atoms with Crippen LogP contribution < -0.4 is 5.59 Å². The lowest BCUT2D eigenvalue weighted by atomic mass is 9.51. The van der Waals surface area contributed by atoms with Crippen LogP contribution in [0.4, 0.5) is 0 Å². The van der Waals surface area contributed by atoms with Gasteiger partial charge in [-0.05, 0) is 92.8 Å². The molecular weight excluding hydrogens is 459 g/mol. The van der Waals surface area contributed by atoms with E-state index in [1.165, 1.54) is 36.8 Å². The van der Waals surface area contributed by atoms with Gasteiger partial charge < -0.3 is 15.1 Å². The van der Waals surface area contributed by atoms with Gasteiger partial charge >= 0.3 is 0 Å². The highest BCUT2D eigenvalue weighted by Crippen LogP contribution is 2.47. The van der Waals surface area contributed by atoms with Crippen LogP contribution in [0.1, 0.15) is 73.6 Å². The number of piperidine rings is 1. The maximum Gasteiger partial charge on any atom is 0.210 e. The Morgan fingerprint density at radius 1 is 1.03 bits per heavy atom. The fourth-order valence-electron chi connectivity index (χ4n) is 7.52. The van der Waals surface area contributed by atoms with Crippen LogP contribution in [-0.4, -0.2) is 62.0 Å². The molecule has 3 atom stereocenters. The normalized spacial score (nSPS) is 28.0. The van der Waals surface area contributed by atoms with E-state index in [2.05, 4.69) is 39.6 Å². The number of nitrogens with zero attached hydrogens (tertiary/aromatic N) is 4. The lowest BCUT2D eigenvalue weighted by Gasteiger charge is -2.47. The number of allylic oxidation sites excluding steroid dienone is 1. The lowest BCUT2D eigenvalue weighted by Crippen LogP contribution is -2.58. The first-order chi connectivity index (χ1) is 18.1. The third kappa shape index (κ3) is 4.32. The number of hydrogen-bond acceptors (Lipinski definition) is 5. The van der Waals surface area contributed by atoms with Gasteiger partial charge in [-0.1, -0.05) is 52.8 Å². The molecule has 1 unspecified atom stereocenters. The SMILES string of the molecule is Oc1cccc(C2CCN(C3(Bc4cn([C@@H]5c6ccccc6C[C@H]5O)nn4)CCCC4=C(C4)C3)CC2)c1. The topological polar surface area (TPSA) is 74.4 Å². The van der Waals surface area contributed by atoms with Crippen molar-refractivity contribution >= 4 is 12.9 Å². The number of aromatic hydroxyl groups is 1. The van der Waals surface area contributed by atoms with Crippen molar-refractivity contribution < 1.29 is 10.2 Å². The van der Waals surface area contributed by atoms with Crippen LogP contribution in [-0.2, 0) is 6.42 Å². The Morgan fingerprint density at radius 2 is 1.89 bits per heavy atom. The minimum absolute atomic E-state index is 0.0877. The Kier molecular flexibility index (Phi) is 5.74. The number of aliphatic hydroxyl groups excluding tert-OH is 1. The molecule has 7 rings (SSSR count). The van der Waals surface area contributed by atoms with Crippen LogP contribution >= 0.6 is 0 Å². The number of phenols is 1. The van der Waals surface area contributed by atoms with E-state index in [0.717, 1.165) is 50.8 Å². The van der Waals surface area contributed by atoms with Gasteiger partial charge in [-0.2, -0.15) is 0 Å². The zero-order valence-electron chi connectivity index (χ0n) is 21.4. The van der Waals surface area contributed by atoms with Crippen molar-refractivity contribution in [1.29, 1.82) is 0 Å². The molecule has 37 heavy (non-hydrogen) atoms. The predicted octanol–water partition coefficient (Wildman–Crippen LogP) is 3.40. The molecule has 1 fully saturated rings. The molecular formula is C30H35BN4O2. The summed E-state index contributed by atoms with van der Waals surface area (Å²) in [7, 11) is 0.908. The lowest BCUT2D eigenvalue weighted by molar-refractivity contribution is 0.111.